The van der Waals surface area contributed by atoms with E-state index in [1.165, 1.54) is 18.5 Å². The molecule has 0 unspecified atom stereocenters. The summed E-state index contributed by atoms with van der Waals surface area (Å²) in [6.45, 7) is 1.87. The number of hydrogen-bond acceptors (Lipinski definition) is 5. The lowest BCUT2D eigenvalue weighted by molar-refractivity contribution is 0.610. The minimum absolute atomic E-state index is 0.264. The zero-order valence-electron chi connectivity index (χ0n) is 16.5. The Morgan fingerprint density at radius 1 is 1.00 bits per heavy atom. The van der Waals surface area contributed by atoms with Crippen LogP contribution in [-0.2, 0) is 6.54 Å². The Bertz CT molecular complexity index is 1390. The van der Waals surface area contributed by atoms with Gasteiger partial charge in [-0.2, -0.15) is 5.10 Å². The Balaban J connectivity index is 1.57. The van der Waals surface area contributed by atoms with Gasteiger partial charge in [-0.25, -0.2) is 28.2 Å². The monoisotopic (exact) mass is 417 g/mol. The molecule has 0 amide bonds. The minimum Gasteiger partial charge on any atom is -0.375 e. The molecule has 31 heavy (non-hydrogen) atoms. The van der Waals surface area contributed by atoms with Crippen LogP contribution in [0.1, 0.15) is 11.5 Å². The van der Waals surface area contributed by atoms with Gasteiger partial charge in [0.2, 0.25) is 0 Å². The molecule has 0 bridgehead atoms. The molecule has 4 aromatic heterocycles. The molecule has 5 aromatic rings. The molecule has 154 valence electrons. The van der Waals surface area contributed by atoms with Gasteiger partial charge in [0.1, 0.15) is 23.8 Å². The van der Waals surface area contributed by atoms with Crippen molar-refractivity contribution >= 4 is 11.3 Å². The highest BCUT2D eigenvalue weighted by Gasteiger charge is 2.17. The molecule has 4 heterocycles. The Kier molecular flexibility index (Phi) is 4.62. The largest absolute Gasteiger partial charge is 0.375 e. The number of nitrogens with one attached hydrogen (secondary N) is 2. The number of fused-ring (bicyclic) bond motifs is 1. The summed E-state index contributed by atoms with van der Waals surface area (Å²) in [6.07, 6.45) is 3.28. The lowest BCUT2D eigenvalue weighted by Gasteiger charge is -2.05. The average molecular weight is 417 g/mol. The smallest absolute Gasteiger partial charge is 0.155 e. The first kappa shape index (κ1) is 18.9. The number of halogens is 2. The molecule has 0 saturated heterocycles. The van der Waals surface area contributed by atoms with Crippen molar-refractivity contribution in [1.82, 2.24) is 29.5 Å². The molecule has 0 radical (unpaired) electrons. The molecule has 0 saturated carbocycles. The number of anilines is 1. The molecule has 7 nitrogen and oxygen atoms in total. The summed E-state index contributed by atoms with van der Waals surface area (Å²) in [7, 11) is 0. The maximum Gasteiger partial charge on any atom is 0.155 e. The first-order valence-electron chi connectivity index (χ1n) is 9.59. The maximum atomic E-state index is 14.0. The van der Waals surface area contributed by atoms with Gasteiger partial charge in [0.15, 0.2) is 5.65 Å². The molecular formula is C22H17F2N7. The second-order valence-corrected chi connectivity index (χ2v) is 6.98. The van der Waals surface area contributed by atoms with Crippen molar-refractivity contribution in [3.05, 3.63) is 84.2 Å². The fraction of sp³-hybridized carbons (Fsp3) is 0.0909. The SMILES string of the molecule is Cc1nc(-c2[nH]c(CNc3ccccc3F)nc2-c2ccc3ncnn3c2)ccc1F. The fourth-order valence-corrected chi connectivity index (χ4v) is 3.32. The molecule has 0 spiro atoms. The predicted molar refractivity (Wildman–Crippen MR) is 112 cm³/mol. The van der Waals surface area contributed by atoms with Gasteiger partial charge < -0.3 is 10.3 Å². The van der Waals surface area contributed by atoms with Crippen molar-refractivity contribution in [3.63, 3.8) is 0 Å². The number of imidazole rings is 1. The third-order valence-corrected chi connectivity index (χ3v) is 4.90. The number of pyridine rings is 2. The fourth-order valence-electron chi connectivity index (χ4n) is 3.32. The van der Waals surface area contributed by atoms with Gasteiger partial charge in [-0.1, -0.05) is 12.1 Å². The van der Waals surface area contributed by atoms with Crippen LogP contribution in [0, 0.1) is 18.6 Å². The quantitative estimate of drug-likeness (QED) is 0.443. The summed E-state index contributed by atoms with van der Waals surface area (Å²) in [5.74, 6) is -0.145. The van der Waals surface area contributed by atoms with Crippen LogP contribution in [0.5, 0.6) is 0 Å². The standard InChI is InChI=1S/C22H17F2N7/c1-13-15(23)7-8-18(28-13)22-21(14-6-9-20-26-12-27-31(20)11-14)29-19(30-22)10-25-17-5-3-2-4-16(17)24/h2-9,11-12,25H,10H2,1H3,(H,29,30). The Labute approximate surface area is 175 Å². The van der Waals surface area contributed by atoms with Gasteiger partial charge in [0.25, 0.3) is 0 Å². The number of rotatable bonds is 5. The van der Waals surface area contributed by atoms with Crippen LogP contribution in [0.4, 0.5) is 14.5 Å². The van der Waals surface area contributed by atoms with Crippen LogP contribution in [-0.4, -0.2) is 29.5 Å². The molecule has 0 aliphatic carbocycles. The van der Waals surface area contributed by atoms with E-state index in [0.29, 0.717) is 34.2 Å². The van der Waals surface area contributed by atoms with Crippen LogP contribution >= 0.6 is 0 Å². The molecule has 2 N–H and O–H groups in total. The number of benzene rings is 1. The van der Waals surface area contributed by atoms with Crippen LogP contribution in [0.15, 0.2) is 61.1 Å². The van der Waals surface area contributed by atoms with E-state index in [1.807, 2.05) is 18.3 Å². The molecule has 0 fully saturated rings. The summed E-state index contributed by atoms with van der Waals surface area (Å²) < 4.78 is 29.4. The zero-order valence-corrected chi connectivity index (χ0v) is 16.5. The summed E-state index contributed by atoms with van der Waals surface area (Å²) in [5.41, 5.74) is 3.96. The van der Waals surface area contributed by atoms with Gasteiger partial charge in [-0.05, 0) is 43.3 Å². The molecule has 1 aromatic carbocycles. The molecule has 0 atom stereocenters. The topological polar surface area (TPSA) is 83.8 Å². The van der Waals surface area contributed by atoms with Crippen molar-refractivity contribution in [3.8, 4) is 22.6 Å². The summed E-state index contributed by atoms with van der Waals surface area (Å²) >= 11 is 0. The molecule has 0 aliphatic rings. The minimum atomic E-state index is -0.379. The van der Waals surface area contributed by atoms with Gasteiger partial charge in [0, 0.05) is 11.8 Å². The maximum absolute atomic E-state index is 14.0. The third kappa shape index (κ3) is 3.61. The van der Waals surface area contributed by atoms with Crippen LogP contribution in [0.2, 0.25) is 0 Å². The van der Waals surface area contributed by atoms with Gasteiger partial charge in [0.05, 0.1) is 35.0 Å². The number of aromatic nitrogens is 6. The highest BCUT2D eigenvalue weighted by molar-refractivity contribution is 5.77. The Morgan fingerprint density at radius 3 is 2.71 bits per heavy atom. The molecule has 0 aliphatic heterocycles. The lowest BCUT2D eigenvalue weighted by Crippen LogP contribution is -2.03. The van der Waals surface area contributed by atoms with E-state index < -0.39 is 0 Å². The average Bonchev–Trinajstić information content (AvgIpc) is 3.41. The number of hydrogen-bond donors (Lipinski definition) is 2. The predicted octanol–water partition coefficient (Wildman–Crippen LogP) is 4.38. The normalized spacial score (nSPS) is 11.2. The van der Waals surface area contributed by atoms with E-state index in [1.54, 1.807) is 35.7 Å². The van der Waals surface area contributed by atoms with E-state index in [4.69, 9.17) is 4.98 Å². The number of para-hydroxylation sites is 1. The van der Waals surface area contributed by atoms with Crippen molar-refractivity contribution in [2.45, 2.75) is 13.5 Å². The Morgan fingerprint density at radius 2 is 1.87 bits per heavy atom. The van der Waals surface area contributed by atoms with E-state index in [2.05, 4.69) is 25.4 Å². The van der Waals surface area contributed by atoms with Crippen molar-refractivity contribution < 1.29 is 8.78 Å². The molecule has 5 rings (SSSR count). The summed E-state index contributed by atoms with van der Waals surface area (Å²) in [4.78, 5) is 16.5. The summed E-state index contributed by atoms with van der Waals surface area (Å²) in [6, 6.07) is 13.1. The van der Waals surface area contributed by atoms with Crippen molar-refractivity contribution in [2.75, 3.05) is 5.32 Å². The van der Waals surface area contributed by atoms with Gasteiger partial charge in [-0.15, -0.1) is 0 Å². The highest BCUT2D eigenvalue weighted by Crippen LogP contribution is 2.30. The number of H-pyrrole nitrogens is 1. The first-order chi connectivity index (χ1) is 15.1. The first-order valence-corrected chi connectivity index (χ1v) is 9.59. The van der Waals surface area contributed by atoms with E-state index >= 15 is 0 Å². The Hall–Kier alpha value is -4.14. The van der Waals surface area contributed by atoms with Gasteiger partial charge >= 0.3 is 0 Å². The number of nitrogens with zero attached hydrogens (tertiary/aromatic N) is 5. The second kappa shape index (κ2) is 7.60. The second-order valence-electron chi connectivity index (χ2n) is 6.98. The lowest BCUT2D eigenvalue weighted by atomic mass is 10.1. The van der Waals surface area contributed by atoms with Crippen molar-refractivity contribution in [2.24, 2.45) is 0 Å². The molecular weight excluding hydrogens is 400 g/mol. The third-order valence-electron chi connectivity index (χ3n) is 4.90. The summed E-state index contributed by atoms with van der Waals surface area (Å²) in [5, 5.41) is 7.22. The van der Waals surface area contributed by atoms with Crippen LogP contribution in [0.3, 0.4) is 0 Å². The number of aryl methyl sites for hydroxylation is 1. The van der Waals surface area contributed by atoms with E-state index in [-0.39, 0.29) is 23.9 Å². The van der Waals surface area contributed by atoms with Crippen LogP contribution < -0.4 is 5.32 Å². The van der Waals surface area contributed by atoms with E-state index in [9.17, 15) is 8.78 Å². The number of aromatic amines is 1. The van der Waals surface area contributed by atoms with E-state index in [0.717, 1.165) is 5.56 Å². The zero-order chi connectivity index (χ0) is 21.4. The highest BCUT2D eigenvalue weighted by atomic mass is 19.1. The van der Waals surface area contributed by atoms with Crippen molar-refractivity contribution in [1.29, 1.82) is 0 Å². The molecule has 9 heteroatoms. The van der Waals surface area contributed by atoms with Gasteiger partial charge in [-0.3, -0.25) is 0 Å². The van der Waals surface area contributed by atoms with Crippen LogP contribution in [0.25, 0.3) is 28.3 Å².